The van der Waals surface area contributed by atoms with Crippen LogP contribution in [-0.2, 0) is 10.0 Å². The van der Waals surface area contributed by atoms with Crippen LogP contribution in [0.4, 0.5) is 0 Å². The predicted molar refractivity (Wildman–Crippen MR) is 65.6 cm³/mol. The molecule has 17 heavy (non-hydrogen) atoms. The van der Waals surface area contributed by atoms with Crippen LogP contribution in [-0.4, -0.2) is 20.2 Å². The highest BCUT2D eigenvalue weighted by atomic mass is 32.2. The minimum atomic E-state index is -3.46. The molecule has 0 aromatic carbocycles. The zero-order chi connectivity index (χ0) is 12.9. The molecule has 96 valence electrons. The summed E-state index contributed by atoms with van der Waals surface area (Å²) in [6.45, 7) is 6.45. The molecule has 0 heterocycles. The molecule has 2 saturated carbocycles. The van der Waals surface area contributed by atoms with Crippen molar-refractivity contribution in [1.82, 2.24) is 4.72 Å². The van der Waals surface area contributed by atoms with Gasteiger partial charge in [-0.15, -0.1) is 0 Å². The molecule has 0 aliphatic heterocycles. The minimum Gasteiger partial charge on any atom is -0.211 e. The number of hydrogen-bond acceptors (Lipinski definition) is 3. The van der Waals surface area contributed by atoms with Crippen LogP contribution >= 0.6 is 0 Å². The first kappa shape index (κ1) is 12.8. The highest BCUT2D eigenvalue weighted by Crippen LogP contribution is 2.62. The number of nitrogens with one attached hydrogen (secondary N) is 1. The van der Waals surface area contributed by atoms with E-state index in [1.165, 1.54) is 6.42 Å². The predicted octanol–water partition coefficient (Wildman–Crippen LogP) is 1.64. The number of sulfonamides is 1. The Morgan fingerprint density at radius 2 is 2.06 bits per heavy atom. The Morgan fingerprint density at radius 3 is 2.53 bits per heavy atom. The Balaban J connectivity index is 2.25. The van der Waals surface area contributed by atoms with Crippen LogP contribution in [0.15, 0.2) is 0 Å². The monoisotopic (exact) mass is 256 g/mol. The van der Waals surface area contributed by atoms with Crippen molar-refractivity contribution in [3.63, 3.8) is 0 Å². The van der Waals surface area contributed by atoms with Gasteiger partial charge in [-0.1, -0.05) is 20.8 Å². The van der Waals surface area contributed by atoms with E-state index in [2.05, 4.69) is 25.5 Å². The maximum Gasteiger partial charge on any atom is 0.225 e. The number of fused-ring (bicyclic) bond motifs is 2. The van der Waals surface area contributed by atoms with Gasteiger partial charge in [0.25, 0.3) is 0 Å². The van der Waals surface area contributed by atoms with Gasteiger partial charge in [0.2, 0.25) is 10.0 Å². The van der Waals surface area contributed by atoms with E-state index < -0.39 is 15.8 Å². The molecule has 1 N–H and O–H groups in total. The second kappa shape index (κ2) is 3.69. The van der Waals surface area contributed by atoms with E-state index in [4.69, 9.17) is 5.26 Å². The van der Waals surface area contributed by atoms with Crippen LogP contribution in [0.5, 0.6) is 0 Å². The molecule has 2 rings (SSSR count). The van der Waals surface area contributed by atoms with Crippen molar-refractivity contribution in [2.75, 3.05) is 5.75 Å². The van der Waals surface area contributed by atoms with Crippen LogP contribution in [0.3, 0.4) is 0 Å². The van der Waals surface area contributed by atoms with Gasteiger partial charge in [-0.05, 0) is 36.0 Å². The summed E-state index contributed by atoms with van der Waals surface area (Å²) in [6.07, 6.45) is 3.38. The summed E-state index contributed by atoms with van der Waals surface area (Å²) in [5.74, 6) is 0.155. The number of nitrogens with zero attached hydrogens (tertiary/aromatic N) is 1. The average molecular weight is 256 g/mol. The lowest BCUT2D eigenvalue weighted by atomic mass is 9.69. The van der Waals surface area contributed by atoms with Gasteiger partial charge in [-0.25, -0.2) is 13.1 Å². The van der Waals surface area contributed by atoms with Gasteiger partial charge in [-0.3, -0.25) is 0 Å². The minimum absolute atomic E-state index is 0.00444. The Hall–Kier alpha value is -0.600. The van der Waals surface area contributed by atoms with E-state index in [-0.39, 0.29) is 16.9 Å². The molecule has 2 bridgehead atoms. The summed E-state index contributed by atoms with van der Waals surface area (Å²) < 4.78 is 26.3. The molecule has 0 radical (unpaired) electrons. The number of nitriles is 1. The Kier molecular flexibility index (Phi) is 2.79. The molecule has 0 aromatic heterocycles. The maximum absolute atomic E-state index is 11.8. The molecule has 5 heteroatoms. The highest BCUT2D eigenvalue weighted by Gasteiger charge is 2.60. The summed E-state index contributed by atoms with van der Waals surface area (Å²) in [6, 6.07) is 1.68. The SMILES string of the molecule is CC12CCC(C1)C(C)(C)C2NS(=O)(=O)CC#N. The lowest BCUT2D eigenvalue weighted by Gasteiger charge is -2.42. The topological polar surface area (TPSA) is 70.0 Å². The molecular weight excluding hydrogens is 236 g/mol. The van der Waals surface area contributed by atoms with Gasteiger partial charge in [0, 0.05) is 6.04 Å². The summed E-state index contributed by atoms with van der Waals surface area (Å²) in [4.78, 5) is 0. The van der Waals surface area contributed by atoms with Crippen LogP contribution in [0, 0.1) is 28.1 Å². The molecule has 2 aliphatic carbocycles. The second-order valence-corrected chi connectivity index (χ2v) is 8.14. The van der Waals surface area contributed by atoms with Gasteiger partial charge in [0.1, 0.15) is 0 Å². The quantitative estimate of drug-likeness (QED) is 0.834. The van der Waals surface area contributed by atoms with Crippen molar-refractivity contribution in [2.24, 2.45) is 16.7 Å². The van der Waals surface area contributed by atoms with Crippen molar-refractivity contribution in [3.05, 3.63) is 0 Å². The molecule has 3 unspecified atom stereocenters. The van der Waals surface area contributed by atoms with Crippen LogP contribution < -0.4 is 4.72 Å². The van der Waals surface area contributed by atoms with Crippen molar-refractivity contribution in [3.8, 4) is 6.07 Å². The zero-order valence-electron chi connectivity index (χ0n) is 10.7. The van der Waals surface area contributed by atoms with Gasteiger partial charge in [0.15, 0.2) is 5.75 Å². The molecule has 2 fully saturated rings. The first-order chi connectivity index (χ1) is 7.71. The van der Waals surface area contributed by atoms with E-state index >= 15 is 0 Å². The smallest absolute Gasteiger partial charge is 0.211 e. The van der Waals surface area contributed by atoms with Crippen LogP contribution in [0.1, 0.15) is 40.0 Å². The van der Waals surface area contributed by atoms with E-state index in [0.717, 1.165) is 12.8 Å². The lowest BCUT2D eigenvalue weighted by Crippen LogP contribution is -2.52. The zero-order valence-corrected chi connectivity index (χ0v) is 11.5. The summed E-state index contributed by atoms with van der Waals surface area (Å²) in [5.41, 5.74) is 0.0617. The summed E-state index contributed by atoms with van der Waals surface area (Å²) in [7, 11) is -3.46. The largest absolute Gasteiger partial charge is 0.225 e. The standard InChI is InChI=1S/C12H20N2O2S/c1-11(2)9-4-5-12(3,8-9)10(11)14-17(15,16)7-6-13/h9-10,14H,4-5,7-8H2,1-3H3. The van der Waals surface area contributed by atoms with Crippen molar-refractivity contribution >= 4 is 10.0 Å². The van der Waals surface area contributed by atoms with Crippen molar-refractivity contribution in [1.29, 1.82) is 5.26 Å². The Bertz CT molecular complexity index is 459. The fraction of sp³-hybridized carbons (Fsp3) is 0.917. The molecule has 2 aliphatic rings. The molecule has 3 atom stereocenters. The molecule has 0 amide bonds. The maximum atomic E-state index is 11.8. The van der Waals surface area contributed by atoms with E-state index in [0.29, 0.717) is 5.92 Å². The van der Waals surface area contributed by atoms with Crippen LogP contribution in [0.2, 0.25) is 0 Å². The molecule has 0 saturated heterocycles. The third-order valence-electron chi connectivity index (χ3n) is 4.82. The molecule has 4 nitrogen and oxygen atoms in total. The van der Waals surface area contributed by atoms with E-state index in [9.17, 15) is 8.42 Å². The normalized spacial score (nSPS) is 39.2. The Labute approximate surface area is 103 Å². The van der Waals surface area contributed by atoms with Crippen molar-refractivity contribution < 1.29 is 8.42 Å². The first-order valence-electron chi connectivity index (χ1n) is 6.08. The van der Waals surface area contributed by atoms with Crippen LogP contribution in [0.25, 0.3) is 0 Å². The first-order valence-corrected chi connectivity index (χ1v) is 7.73. The van der Waals surface area contributed by atoms with Gasteiger partial charge in [-0.2, -0.15) is 5.26 Å². The van der Waals surface area contributed by atoms with E-state index in [1.807, 2.05) is 0 Å². The summed E-state index contributed by atoms with van der Waals surface area (Å²) >= 11 is 0. The third-order valence-corrected chi connectivity index (χ3v) is 5.93. The lowest BCUT2D eigenvalue weighted by molar-refractivity contribution is 0.128. The highest BCUT2D eigenvalue weighted by molar-refractivity contribution is 7.89. The average Bonchev–Trinajstić information content (AvgIpc) is 2.64. The fourth-order valence-corrected chi connectivity index (χ4v) is 5.10. The number of rotatable bonds is 3. The van der Waals surface area contributed by atoms with Crippen molar-refractivity contribution in [2.45, 2.75) is 46.1 Å². The number of hydrogen-bond donors (Lipinski definition) is 1. The van der Waals surface area contributed by atoms with E-state index in [1.54, 1.807) is 6.07 Å². The van der Waals surface area contributed by atoms with Gasteiger partial charge in [0.05, 0.1) is 6.07 Å². The molecule has 0 spiro atoms. The Morgan fingerprint density at radius 1 is 1.41 bits per heavy atom. The molecule has 0 aromatic rings. The third kappa shape index (κ3) is 1.98. The van der Waals surface area contributed by atoms with Gasteiger partial charge < -0.3 is 0 Å². The van der Waals surface area contributed by atoms with Gasteiger partial charge >= 0.3 is 0 Å². The fourth-order valence-electron chi connectivity index (χ4n) is 3.90. The summed E-state index contributed by atoms with van der Waals surface area (Å²) in [5, 5.41) is 8.53. The molecular formula is C12H20N2O2S. The second-order valence-electron chi connectivity index (χ2n) is 6.38.